The number of nitrogens with zero attached hydrogens (tertiary/aromatic N) is 1. The second-order valence-electron chi connectivity index (χ2n) is 7.15. The van der Waals surface area contributed by atoms with Crippen molar-refractivity contribution < 1.29 is 13.9 Å². The number of carbonyl (C=O) groups excluding carboxylic acids is 1. The van der Waals surface area contributed by atoms with E-state index in [0.717, 1.165) is 17.5 Å². The van der Waals surface area contributed by atoms with Gasteiger partial charge in [-0.2, -0.15) is 0 Å². The number of aromatic amines is 1. The van der Waals surface area contributed by atoms with Gasteiger partial charge in [-0.25, -0.2) is 4.39 Å². The van der Waals surface area contributed by atoms with Crippen LogP contribution in [-0.4, -0.2) is 36.0 Å². The number of methoxy groups -OCH3 is 1. The van der Waals surface area contributed by atoms with Crippen LogP contribution in [0.4, 0.5) is 4.39 Å². The molecule has 29 heavy (non-hydrogen) atoms. The number of nitrogens with one attached hydrogen (secondary N) is 1. The Labute approximate surface area is 167 Å². The zero-order valence-corrected chi connectivity index (χ0v) is 16.1. The Balaban J connectivity index is 1.73. The van der Waals surface area contributed by atoms with Gasteiger partial charge in [0.05, 0.1) is 12.7 Å². The van der Waals surface area contributed by atoms with Crippen molar-refractivity contribution in [2.75, 3.05) is 20.2 Å². The van der Waals surface area contributed by atoms with Gasteiger partial charge in [-0.15, -0.1) is 0 Å². The highest BCUT2D eigenvalue weighted by Gasteiger charge is 2.27. The normalized spacial score (nSPS) is 16.2. The number of halogens is 1. The summed E-state index contributed by atoms with van der Waals surface area (Å²) in [6.07, 6.45) is 2.09. The summed E-state index contributed by atoms with van der Waals surface area (Å²) in [5, 5.41) is 1.25. The lowest BCUT2D eigenvalue weighted by molar-refractivity contribution is -0.125. The molecular weight excluding hydrogens is 371 g/mol. The SMILES string of the molecule is C=CC(=O)N1CCC(c2cc3ccc(-c4c(F)cccc4OC)cc3c(=O)[nH]2)C1. The van der Waals surface area contributed by atoms with Crippen LogP contribution in [0.3, 0.4) is 0 Å². The Morgan fingerprint density at radius 3 is 2.90 bits per heavy atom. The molecule has 0 aliphatic carbocycles. The second kappa shape index (κ2) is 7.54. The molecule has 5 nitrogen and oxygen atoms in total. The van der Waals surface area contributed by atoms with E-state index < -0.39 is 5.82 Å². The largest absolute Gasteiger partial charge is 0.496 e. The zero-order valence-electron chi connectivity index (χ0n) is 16.1. The van der Waals surface area contributed by atoms with Crippen molar-refractivity contribution in [2.24, 2.45) is 0 Å². The molecule has 2 aromatic carbocycles. The predicted molar refractivity (Wildman–Crippen MR) is 111 cm³/mol. The molecule has 1 aliphatic heterocycles. The lowest BCUT2D eigenvalue weighted by Gasteiger charge is -2.15. The van der Waals surface area contributed by atoms with Gasteiger partial charge in [0.15, 0.2) is 0 Å². The highest BCUT2D eigenvalue weighted by Crippen LogP contribution is 2.34. The summed E-state index contributed by atoms with van der Waals surface area (Å²) in [6, 6.07) is 11.9. The van der Waals surface area contributed by atoms with Crippen LogP contribution in [0, 0.1) is 5.82 Å². The van der Waals surface area contributed by atoms with Crippen LogP contribution < -0.4 is 10.3 Å². The summed E-state index contributed by atoms with van der Waals surface area (Å²) in [7, 11) is 1.49. The minimum Gasteiger partial charge on any atom is -0.496 e. The molecule has 1 N–H and O–H groups in total. The zero-order chi connectivity index (χ0) is 20.5. The molecule has 1 aliphatic rings. The Kier molecular flexibility index (Phi) is 4.92. The Bertz CT molecular complexity index is 1170. The summed E-state index contributed by atoms with van der Waals surface area (Å²) in [5.41, 5.74) is 1.48. The number of benzene rings is 2. The van der Waals surface area contributed by atoms with Gasteiger partial charge in [0.1, 0.15) is 11.6 Å². The lowest BCUT2D eigenvalue weighted by Crippen LogP contribution is -2.26. The first-order valence-electron chi connectivity index (χ1n) is 9.43. The number of amides is 1. The predicted octanol–water partition coefficient (Wildman–Crippen LogP) is 3.84. The molecule has 1 fully saturated rings. The minimum atomic E-state index is -0.408. The average Bonchev–Trinajstić information content (AvgIpc) is 3.23. The topological polar surface area (TPSA) is 62.4 Å². The van der Waals surface area contributed by atoms with Gasteiger partial charge in [-0.1, -0.05) is 24.8 Å². The third-order valence-electron chi connectivity index (χ3n) is 5.47. The Morgan fingerprint density at radius 2 is 2.14 bits per heavy atom. The molecule has 0 spiro atoms. The van der Waals surface area contributed by atoms with Crippen molar-refractivity contribution in [1.82, 2.24) is 9.88 Å². The number of pyridine rings is 1. The van der Waals surface area contributed by atoms with Gasteiger partial charge >= 0.3 is 0 Å². The molecule has 3 aromatic rings. The fourth-order valence-electron chi connectivity index (χ4n) is 3.95. The fraction of sp³-hybridized carbons (Fsp3) is 0.217. The molecule has 1 unspecified atom stereocenters. The van der Waals surface area contributed by atoms with E-state index in [0.29, 0.717) is 35.4 Å². The van der Waals surface area contributed by atoms with Gasteiger partial charge in [-0.05, 0) is 47.7 Å². The van der Waals surface area contributed by atoms with E-state index in [-0.39, 0.29) is 17.4 Å². The Hall–Kier alpha value is -3.41. The molecule has 0 bridgehead atoms. The third-order valence-corrected chi connectivity index (χ3v) is 5.47. The molecule has 6 heteroatoms. The first kappa shape index (κ1) is 18.9. The summed E-state index contributed by atoms with van der Waals surface area (Å²) >= 11 is 0. The van der Waals surface area contributed by atoms with Crippen LogP contribution in [0.25, 0.3) is 21.9 Å². The highest BCUT2D eigenvalue weighted by atomic mass is 19.1. The first-order valence-corrected chi connectivity index (χ1v) is 9.43. The first-order chi connectivity index (χ1) is 14.0. The molecule has 1 saturated heterocycles. The van der Waals surface area contributed by atoms with E-state index in [2.05, 4.69) is 11.6 Å². The number of rotatable bonds is 4. The monoisotopic (exact) mass is 392 g/mol. The summed E-state index contributed by atoms with van der Waals surface area (Å²) in [6.45, 7) is 4.72. The number of aromatic nitrogens is 1. The quantitative estimate of drug-likeness (QED) is 0.686. The number of hydrogen-bond donors (Lipinski definition) is 1. The van der Waals surface area contributed by atoms with Crippen molar-refractivity contribution >= 4 is 16.7 Å². The van der Waals surface area contributed by atoms with Gasteiger partial charge in [0.25, 0.3) is 5.56 Å². The van der Waals surface area contributed by atoms with Crippen molar-refractivity contribution in [1.29, 1.82) is 0 Å². The summed E-state index contributed by atoms with van der Waals surface area (Å²) in [5.74, 6) is -0.0218. The number of hydrogen-bond acceptors (Lipinski definition) is 3. The van der Waals surface area contributed by atoms with Crippen LogP contribution >= 0.6 is 0 Å². The lowest BCUT2D eigenvalue weighted by atomic mass is 9.98. The van der Waals surface area contributed by atoms with E-state index in [1.54, 1.807) is 29.2 Å². The molecule has 1 aromatic heterocycles. The van der Waals surface area contributed by atoms with Gasteiger partial charge in [0.2, 0.25) is 5.91 Å². The van der Waals surface area contributed by atoms with E-state index in [1.165, 1.54) is 19.3 Å². The maximum absolute atomic E-state index is 14.4. The maximum Gasteiger partial charge on any atom is 0.256 e. The Morgan fingerprint density at radius 1 is 1.31 bits per heavy atom. The smallest absolute Gasteiger partial charge is 0.256 e. The third kappa shape index (κ3) is 3.42. The van der Waals surface area contributed by atoms with Gasteiger partial charge < -0.3 is 14.6 Å². The molecule has 0 radical (unpaired) electrons. The van der Waals surface area contributed by atoms with Crippen molar-refractivity contribution in [3.05, 3.63) is 77.0 Å². The van der Waals surface area contributed by atoms with Crippen LogP contribution in [0.1, 0.15) is 18.0 Å². The minimum absolute atomic E-state index is 0.0716. The van der Waals surface area contributed by atoms with E-state index >= 15 is 0 Å². The molecule has 148 valence electrons. The van der Waals surface area contributed by atoms with E-state index in [9.17, 15) is 14.0 Å². The molecular formula is C23H21FN2O3. The maximum atomic E-state index is 14.4. The van der Waals surface area contributed by atoms with Gasteiger partial charge in [-0.3, -0.25) is 9.59 Å². The summed E-state index contributed by atoms with van der Waals surface area (Å²) in [4.78, 5) is 29.3. The fourth-order valence-corrected chi connectivity index (χ4v) is 3.95. The van der Waals surface area contributed by atoms with Crippen molar-refractivity contribution in [3.8, 4) is 16.9 Å². The number of H-pyrrole nitrogens is 1. The van der Waals surface area contributed by atoms with E-state index in [1.807, 2.05) is 12.1 Å². The molecule has 1 atom stereocenters. The standard InChI is InChI=1S/C23H21FN2O3/c1-3-21(27)26-10-9-16(13-26)19-12-14-7-8-15(11-17(14)23(28)25-19)22-18(24)5-4-6-20(22)29-2/h3-8,11-12,16H,1,9-10,13H2,2H3,(H,25,28). The van der Waals surface area contributed by atoms with Crippen LogP contribution in [0.5, 0.6) is 5.75 Å². The highest BCUT2D eigenvalue weighted by molar-refractivity contribution is 5.88. The second-order valence-corrected chi connectivity index (χ2v) is 7.15. The molecule has 1 amide bonds. The average molecular weight is 392 g/mol. The van der Waals surface area contributed by atoms with Crippen LogP contribution in [-0.2, 0) is 4.79 Å². The van der Waals surface area contributed by atoms with Crippen molar-refractivity contribution in [3.63, 3.8) is 0 Å². The summed E-state index contributed by atoms with van der Waals surface area (Å²) < 4.78 is 19.7. The number of likely N-dealkylation sites (tertiary alicyclic amines) is 1. The number of fused-ring (bicyclic) bond motifs is 1. The molecule has 4 rings (SSSR count). The molecule has 0 saturated carbocycles. The number of carbonyl (C=O) groups is 1. The van der Waals surface area contributed by atoms with Crippen molar-refractivity contribution in [2.45, 2.75) is 12.3 Å². The molecule has 2 heterocycles. The van der Waals surface area contributed by atoms with Crippen LogP contribution in [0.2, 0.25) is 0 Å². The van der Waals surface area contributed by atoms with E-state index in [4.69, 9.17) is 4.74 Å². The number of ether oxygens (including phenoxy) is 1. The van der Waals surface area contributed by atoms with Crippen LogP contribution in [0.15, 0.2) is 59.9 Å². The van der Waals surface area contributed by atoms with Gasteiger partial charge in [0, 0.05) is 30.1 Å².